The summed E-state index contributed by atoms with van der Waals surface area (Å²) in [7, 11) is 1.42. The van der Waals surface area contributed by atoms with Gasteiger partial charge < -0.3 is 9.47 Å². The van der Waals surface area contributed by atoms with Gasteiger partial charge in [0.2, 0.25) is 0 Å². The van der Waals surface area contributed by atoms with E-state index in [9.17, 15) is 4.79 Å². The number of thioether (sulfide) groups is 1. The van der Waals surface area contributed by atoms with Crippen LogP contribution in [-0.2, 0) is 22.6 Å². The number of methoxy groups -OCH3 is 1. The summed E-state index contributed by atoms with van der Waals surface area (Å²) in [5, 5.41) is 1.13. The van der Waals surface area contributed by atoms with Gasteiger partial charge in [-0.3, -0.25) is 4.79 Å². The van der Waals surface area contributed by atoms with Crippen LogP contribution in [0.5, 0.6) is 5.75 Å². The molecule has 0 atom stereocenters. The van der Waals surface area contributed by atoms with Gasteiger partial charge in [0, 0.05) is 5.39 Å². The molecule has 1 aromatic heterocycles. The van der Waals surface area contributed by atoms with Crippen LogP contribution in [0.15, 0.2) is 60.7 Å². The lowest BCUT2D eigenvalue weighted by Crippen LogP contribution is -2.03. The molecule has 0 saturated heterocycles. The Kier molecular flexibility index (Phi) is 7.11. The van der Waals surface area contributed by atoms with Crippen LogP contribution in [0.4, 0.5) is 0 Å². The third kappa shape index (κ3) is 6.00. The van der Waals surface area contributed by atoms with E-state index in [0.29, 0.717) is 12.4 Å². The van der Waals surface area contributed by atoms with E-state index in [1.165, 1.54) is 12.7 Å². The molecule has 0 radical (unpaired) electrons. The van der Waals surface area contributed by atoms with Gasteiger partial charge in [-0.25, -0.2) is 4.98 Å². The van der Waals surface area contributed by atoms with Gasteiger partial charge in [-0.05, 0) is 48.4 Å². The van der Waals surface area contributed by atoms with E-state index < -0.39 is 0 Å². The van der Waals surface area contributed by atoms with Crippen LogP contribution in [0.25, 0.3) is 10.9 Å². The maximum absolute atomic E-state index is 11.1. The first-order valence-electron chi connectivity index (χ1n) is 8.95. The van der Waals surface area contributed by atoms with Gasteiger partial charge >= 0.3 is 5.97 Å². The normalized spacial score (nSPS) is 10.7. The summed E-state index contributed by atoms with van der Waals surface area (Å²) < 4.78 is 10.6. The minimum atomic E-state index is -0.169. The molecule has 0 bridgehead atoms. The molecule has 1 heterocycles. The van der Waals surface area contributed by atoms with E-state index >= 15 is 0 Å². The number of aryl methyl sites for hydroxylation is 1. The molecule has 2 aromatic carbocycles. The minimum absolute atomic E-state index is 0.169. The van der Waals surface area contributed by atoms with Crippen molar-refractivity contribution >= 4 is 28.6 Å². The highest BCUT2D eigenvalue weighted by molar-refractivity contribution is 7.99. The van der Waals surface area contributed by atoms with Gasteiger partial charge in [0.25, 0.3) is 0 Å². The Morgan fingerprint density at radius 3 is 2.85 bits per heavy atom. The van der Waals surface area contributed by atoms with Crippen molar-refractivity contribution in [3.05, 3.63) is 71.9 Å². The fourth-order valence-corrected chi connectivity index (χ4v) is 3.51. The Bertz CT molecular complexity index is 897. The average molecular weight is 381 g/mol. The van der Waals surface area contributed by atoms with Gasteiger partial charge in [0.15, 0.2) is 0 Å². The number of rotatable bonds is 9. The number of carbonyl (C=O) groups excluding carboxylic acids is 1. The Labute approximate surface area is 163 Å². The zero-order valence-electron chi connectivity index (χ0n) is 15.4. The maximum Gasteiger partial charge on any atom is 0.315 e. The number of fused-ring (bicyclic) bond motifs is 1. The predicted molar refractivity (Wildman–Crippen MR) is 110 cm³/mol. The number of hydrogen-bond donors (Lipinski definition) is 0. The second-order valence-electron chi connectivity index (χ2n) is 6.16. The number of para-hydroxylation sites is 1. The molecule has 0 aliphatic rings. The number of hydrogen-bond acceptors (Lipinski definition) is 5. The van der Waals surface area contributed by atoms with Crippen LogP contribution in [-0.4, -0.2) is 29.6 Å². The third-order valence-electron chi connectivity index (χ3n) is 4.14. The molecule has 3 rings (SSSR count). The molecule has 0 amide bonds. The van der Waals surface area contributed by atoms with E-state index in [-0.39, 0.29) is 5.97 Å². The van der Waals surface area contributed by atoms with Crippen molar-refractivity contribution in [3.63, 3.8) is 0 Å². The molecule has 0 spiro atoms. The molecule has 3 aromatic rings. The molecule has 140 valence electrons. The Morgan fingerprint density at radius 1 is 1.07 bits per heavy atom. The molecule has 5 heteroatoms. The second kappa shape index (κ2) is 9.97. The first kappa shape index (κ1) is 19.2. The predicted octanol–water partition coefficient (Wildman–Crippen LogP) is 4.65. The summed E-state index contributed by atoms with van der Waals surface area (Å²) in [5.74, 6) is 2.03. The van der Waals surface area contributed by atoms with Crippen LogP contribution in [0.1, 0.15) is 17.7 Å². The van der Waals surface area contributed by atoms with Crippen molar-refractivity contribution in [1.82, 2.24) is 4.98 Å². The highest BCUT2D eigenvalue weighted by atomic mass is 32.2. The fraction of sp³-hybridized carbons (Fsp3) is 0.273. The summed E-state index contributed by atoms with van der Waals surface area (Å²) >= 11 is 1.60. The maximum atomic E-state index is 11.1. The molecular weight excluding hydrogens is 358 g/mol. The van der Waals surface area contributed by atoms with Gasteiger partial charge in [0.1, 0.15) is 12.4 Å². The van der Waals surface area contributed by atoms with Crippen LogP contribution < -0.4 is 4.74 Å². The molecule has 0 aliphatic carbocycles. The summed E-state index contributed by atoms with van der Waals surface area (Å²) in [6, 6.07) is 20.3. The SMILES string of the molecule is COC(=O)CSCCCc1cccc(OCc2ccc3ccccc3n2)c1. The van der Waals surface area contributed by atoms with Crippen molar-refractivity contribution in [1.29, 1.82) is 0 Å². The lowest BCUT2D eigenvalue weighted by molar-refractivity contribution is -0.137. The number of benzene rings is 2. The zero-order chi connectivity index (χ0) is 18.9. The third-order valence-corrected chi connectivity index (χ3v) is 5.16. The van der Waals surface area contributed by atoms with Crippen molar-refractivity contribution < 1.29 is 14.3 Å². The summed E-state index contributed by atoms with van der Waals surface area (Å²) in [6.45, 7) is 0.448. The summed E-state index contributed by atoms with van der Waals surface area (Å²) in [5.41, 5.74) is 3.13. The molecule has 0 unspecified atom stereocenters. The monoisotopic (exact) mass is 381 g/mol. The standard InChI is InChI=1S/C22H23NO3S/c1-25-22(24)16-27-13-5-7-17-6-4-9-20(14-17)26-15-19-12-11-18-8-2-3-10-21(18)23-19/h2-4,6,8-12,14H,5,7,13,15-16H2,1H3. The first-order valence-corrected chi connectivity index (χ1v) is 10.1. The minimum Gasteiger partial charge on any atom is -0.487 e. The molecule has 0 saturated carbocycles. The van der Waals surface area contributed by atoms with Crippen molar-refractivity contribution in [2.75, 3.05) is 18.6 Å². The van der Waals surface area contributed by atoms with Crippen molar-refractivity contribution in [3.8, 4) is 5.75 Å². The van der Waals surface area contributed by atoms with Gasteiger partial charge in [0.05, 0.1) is 24.1 Å². The largest absolute Gasteiger partial charge is 0.487 e. The van der Waals surface area contributed by atoms with E-state index in [2.05, 4.69) is 34.0 Å². The fourth-order valence-electron chi connectivity index (χ4n) is 2.73. The lowest BCUT2D eigenvalue weighted by atomic mass is 10.1. The number of carbonyl (C=O) groups is 1. The second-order valence-corrected chi connectivity index (χ2v) is 7.27. The number of nitrogens with zero attached hydrogens (tertiary/aromatic N) is 1. The highest BCUT2D eigenvalue weighted by Crippen LogP contribution is 2.18. The molecule has 0 N–H and O–H groups in total. The van der Waals surface area contributed by atoms with Crippen LogP contribution in [0, 0.1) is 0 Å². The number of pyridine rings is 1. The number of aromatic nitrogens is 1. The smallest absolute Gasteiger partial charge is 0.315 e. The Hall–Kier alpha value is -2.53. The van der Waals surface area contributed by atoms with E-state index in [4.69, 9.17) is 4.74 Å². The van der Waals surface area contributed by atoms with Crippen LogP contribution in [0.3, 0.4) is 0 Å². The lowest BCUT2D eigenvalue weighted by Gasteiger charge is -2.09. The number of esters is 1. The van der Waals surface area contributed by atoms with Crippen LogP contribution >= 0.6 is 11.8 Å². The molecule has 27 heavy (non-hydrogen) atoms. The van der Waals surface area contributed by atoms with Gasteiger partial charge in [-0.1, -0.05) is 36.4 Å². The molecule has 0 aliphatic heterocycles. The average Bonchev–Trinajstić information content (AvgIpc) is 2.72. The van der Waals surface area contributed by atoms with Crippen molar-refractivity contribution in [2.45, 2.75) is 19.4 Å². The molecule has 0 fully saturated rings. The van der Waals surface area contributed by atoms with Gasteiger partial charge in [-0.2, -0.15) is 11.8 Å². The molecule has 4 nitrogen and oxygen atoms in total. The van der Waals surface area contributed by atoms with E-state index in [0.717, 1.165) is 40.9 Å². The topological polar surface area (TPSA) is 48.4 Å². The Balaban J connectivity index is 1.49. The number of ether oxygens (including phenoxy) is 2. The van der Waals surface area contributed by atoms with E-state index in [1.807, 2.05) is 36.4 Å². The zero-order valence-corrected chi connectivity index (χ0v) is 16.2. The quantitative estimate of drug-likeness (QED) is 0.399. The summed E-state index contributed by atoms with van der Waals surface area (Å²) in [6.07, 6.45) is 1.97. The summed E-state index contributed by atoms with van der Waals surface area (Å²) in [4.78, 5) is 15.7. The van der Waals surface area contributed by atoms with Gasteiger partial charge in [-0.15, -0.1) is 0 Å². The van der Waals surface area contributed by atoms with Crippen molar-refractivity contribution in [2.24, 2.45) is 0 Å². The van der Waals surface area contributed by atoms with E-state index in [1.54, 1.807) is 11.8 Å². The molecular formula is C22H23NO3S. The Morgan fingerprint density at radius 2 is 1.96 bits per heavy atom. The van der Waals surface area contributed by atoms with Crippen LogP contribution in [0.2, 0.25) is 0 Å². The first-order chi connectivity index (χ1) is 13.2. The highest BCUT2D eigenvalue weighted by Gasteiger charge is 2.03.